The van der Waals surface area contributed by atoms with E-state index in [1.54, 1.807) is 42.6 Å². The lowest BCUT2D eigenvalue weighted by Gasteiger charge is -2.09. The van der Waals surface area contributed by atoms with E-state index in [9.17, 15) is 18.0 Å². The topological polar surface area (TPSA) is 177 Å². The van der Waals surface area contributed by atoms with Gasteiger partial charge in [0.15, 0.2) is 5.82 Å². The summed E-state index contributed by atoms with van der Waals surface area (Å²) >= 11 is 0. The number of nitrogen functional groups attached to an aromatic ring is 1. The molecule has 13 heteroatoms. The van der Waals surface area contributed by atoms with Gasteiger partial charge in [0.1, 0.15) is 12.4 Å². The van der Waals surface area contributed by atoms with Crippen LogP contribution in [0, 0.1) is 0 Å². The number of fused-ring (bicyclic) bond motifs is 1. The van der Waals surface area contributed by atoms with Crippen LogP contribution < -0.4 is 26.6 Å². The van der Waals surface area contributed by atoms with Gasteiger partial charge in [0.05, 0.1) is 22.8 Å². The van der Waals surface area contributed by atoms with Crippen LogP contribution >= 0.6 is 0 Å². The first-order valence-corrected chi connectivity index (χ1v) is 13.2. The van der Waals surface area contributed by atoms with Gasteiger partial charge in [-0.2, -0.15) is 4.68 Å². The van der Waals surface area contributed by atoms with Crippen molar-refractivity contribution >= 4 is 27.4 Å². The molecule has 5 N–H and O–H groups in total. The van der Waals surface area contributed by atoms with Gasteiger partial charge in [-0.05, 0) is 60.7 Å². The van der Waals surface area contributed by atoms with Crippen LogP contribution in [0.4, 0.5) is 5.82 Å². The van der Waals surface area contributed by atoms with Crippen molar-refractivity contribution in [2.75, 3.05) is 18.9 Å². The summed E-state index contributed by atoms with van der Waals surface area (Å²) < 4.78 is 31.0. The Bertz CT molecular complexity index is 1820. The smallest absolute Gasteiger partial charge is 0.355 e. The summed E-state index contributed by atoms with van der Waals surface area (Å²) in [7, 11) is -3.82. The molecule has 0 fully saturated rings. The number of amides is 1. The molecule has 3 aromatic carbocycles. The Morgan fingerprint density at radius 3 is 2.33 bits per heavy atom. The van der Waals surface area contributed by atoms with E-state index in [1.807, 2.05) is 18.2 Å². The van der Waals surface area contributed by atoms with E-state index in [0.29, 0.717) is 28.3 Å². The normalized spacial score (nSPS) is 11.4. The van der Waals surface area contributed by atoms with Gasteiger partial charge in [0.25, 0.3) is 5.91 Å². The third-order valence-electron chi connectivity index (χ3n) is 5.78. The predicted octanol–water partition coefficient (Wildman–Crippen LogP) is 1.59. The number of aromatic nitrogens is 4. The quantitative estimate of drug-likeness (QED) is 0.246. The molecule has 5 aromatic rings. The lowest BCUT2D eigenvalue weighted by atomic mass is 10.1. The van der Waals surface area contributed by atoms with Crippen LogP contribution in [0.2, 0.25) is 0 Å². The lowest BCUT2D eigenvalue weighted by molar-refractivity contribution is 0.0947. The Morgan fingerprint density at radius 1 is 0.974 bits per heavy atom. The molecule has 0 aliphatic heterocycles. The summed E-state index contributed by atoms with van der Waals surface area (Å²) in [6, 6.07) is 21.4. The van der Waals surface area contributed by atoms with Gasteiger partial charge in [-0.25, -0.2) is 27.7 Å². The minimum atomic E-state index is -3.82. The molecular weight excluding hydrogens is 522 g/mol. The van der Waals surface area contributed by atoms with Crippen LogP contribution in [0.15, 0.2) is 94.7 Å². The Balaban J connectivity index is 1.22. The highest BCUT2D eigenvalue weighted by atomic mass is 32.2. The third-order valence-corrected chi connectivity index (χ3v) is 6.71. The fraction of sp³-hybridized carbons (Fsp3) is 0.0769. The van der Waals surface area contributed by atoms with Crippen LogP contribution in [0.1, 0.15) is 10.4 Å². The zero-order valence-corrected chi connectivity index (χ0v) is 21.2. The highest BCUT2D eigenvalue weighted by molar-refractivity contribution is 7.89. The van der Waals surface area contributed by atoms with Crippen LogP contribution in [-0.4, -0.2) is 46.6 Å². The molecule has 0 atom stereocenters. The number of hydrogen-bond acceptors (Lipinski definition) is 8. The number of sulfonamides is 1. The van der Waals surface area contributed by atoms with E-state index >= 15 is 0 Å². The molecule has 0 unspecified atom stereocenters. The second-order valence-electron chi connectivity index (χ2n) is 8.43. The number of nitrogens with zero attached hydrogens (tertiary/aromatic N) is 4. The molecule has 0 bridgehead atoms. The largest absolute Gasteiger partial charge is 0.492 e. The molecule has 0 spiro atoms. The summed E-state index contributed by atoms with van der Waals surface area (Å²) in [5, 5.41) is 12.1. The molecular formula is C26H23N7O5S. The van der Waals surface area contributed by atoms with Gasteiger partial charge in [-0.15, -0.1) is 5.10 Å². The molecule has 5 rings (SSSR count). The van der Waals surface area contributed by atoms with E-state index in [2.05, 4.69) is 15.4 Å². The zero-order valence-electron chi connectivity index (χ0n) is 20.4. The average molecular weight is 546 g/mol. The summed E-state index contributed by atoms with van der Waals surface area (Å²) in [5.74, 6) is 0.308. The number of para-hydroxylation sites is 1. The fourth-order valence-electron chi connectivity index (χ4n) is 3.83. The molecule has 0 aliphatic rings. The molecule has 0 radical (unpaired) electrons. The second kappa shape index (κ2) is 10.4. The molecule has 1 amide bonds. The minimum absolute atomic E-state index is 0.0713. The van der Waals surface area contributed by atoms with E-state index in [1.165, 1.54) is 33.3 Å². The number of ether oxygens (including phenoxy) is 1. The van der Waals surface area contributed by atoms with Gasteiger partial charge in [-0.3, -0.25) is 4.79 Å². The van der Waals surface area contributed by atoms with Crippen molar-refractivity contribution in [2.24, 2.45) is 5.14 Å². The van der Waals surface area contributed by atoms with Gasteiger partial charge in [0, 0.05) is 17.3 Å². The molecule has 0 saturated heterocycles. The number of hydrogen-bond donors (Lipinski definition) is 3. The Morgan fingerprint density at radius 2 is 1.67 bits per heavy atom. The van der Waals surface area contributed by atoms with Crippen molar-refractivity contribution in [1.82, 2.24) is 24.5 Å². The van der Waals surface area contributed by atoms with Crippen molar-refractivity contribution in [2.45, 2.75) is 4.90 Å². The molecule has 0 saturated carbocycles. The maximum Gasteiger partial charge on any atom is 0.355 e. The van der Waals surface area contributed by atoms with Crippen molar-refractivity contribution in [3.8, 4) is 22.7 Å². The van der Waals surface area contributed by atoms with Gasteiger partial charge in [-0.1, -0.05) is 18.2 Å². The van der Waals surface area contributed by atoms with Crippen molar-refractivity contribution in [3.05, 3.63) is 101 Å². The predicted molar refractivity (Wildman–Crippen MR) is 144 cm³/mol. The fourth-order valence-corrected chi connectivity index (χ4v) is 4.35. The Labute approximate surface area is 222 Å². The third kappa shape index (κ3) is 5.49. The number of primary sulfonamides is 1. The number of carbonyl (C=O) groups is 1. The van der Waals surface area contributed by atoms with Crippen molar-refractivity contribution in [3.63, 3.8) is 0 Å². The zero-order chi connectivity index (χ0) is 27.6. The SMILES string of the molecule is Nc1nc(-c2ccc(OCCNC(=O)c3ccc(S(N)(=O)=O)cc3)cc2)cn2c(=O)n(-c3ccccc3)nc12. The van der Waals surface area contributed by atoms with Gasteiger partial charge < -0.3 is 15.8 Å². The second-order valence-corrected chi connectivity index (χ2v) is 9.99. The number of nitrogens with two attached hydrogens (primary N) is 2. The van der Waals surface area contributed by atoms with E-state index < -0.39 is 10.0 Å². The first kappa shape index (κ1) is 25.6. The molecule has 198 valence electrons. The first-order valence-electron chi connectivity index (χ1n) is 11.7. The molecule has 2 aromatic heterocycles. The molecule has 0 aliphatic carbocycles. The van der Waals surface area contributed by atoms with E-state index in [4.69, 9.17) is 15.6 Å². The summed E-state index contributed by atoms with van der Waals surface area (Å²) in [4.78, 5) is 29.5. The van der Waals surface area contributed by atoms with Crippen LogP contribution in [0.5, 0.6) is 5.75 Å². The standard InChI is InChI=1S/C26H23N7O5S/c27-23-24-31-33(19-4-2-1-3-5-19)26(35)32(24)16-22(30-23)17-6-10-20(11-7-17)38-15-14-29-25(34)18-8-12-21(13-9-18)39(28,36)37/h1-13,16H,14-15H2,(H2,27,30)(H,29,34)(H2,28,36,37). The minimum Gasteiger partial charge on any atom is -0.492 e. The number of nitrogens with one attached hydrogen (secondary N) is 1. The number of rotatable bonds is 8. The average Bonchev–Trinajstić information content (AvgIpc) is 3.28. The molecule has 12 nitrogen and oxygen atoms in total. The molecule has 2 heterocycles. The van der Waals surface area contributed by atoms with Gasteiger partial charge >= 0.3 is 5.69 Å². The summed E-state index contributed by atoms with van der Waals surface area (Å²) in [5.41, 5.74) is 8.13. The van der Waals surface area contributed by atoms with Crippen LogP contribution in [0.25, 0.3) is 22.6 Å². The highest BCUT2D eigenvalue weighted by Crippen LogP contribution is 2.23. The number of benzene rings is 3. The van der Waals surface area contributed by atoms with Gasteiger partial charge in [0.2, 0.25) is 15.7 Å². The summed E-state index contributed by atoms with van der Waals surface area (Å²) in [6.07, 6.45) is 1.58. The Hall–Kier alpha value is -5.01. The van der Waals surface area contributed by atoms with Crippen LogP contribution in [-0.2, 0) is 10.0 Å². The summed E-state index contributed by atoms with van der Waals surface area (Å²) in [6.45, 7) is 0.423. The highest BCUT2D eigenvalue weighted by Gasteiger charge is 2.14. The molecule has 39 heavy (non-hydrogen) atoms. The monoisotopic (exact) mass is 545 g/mol. The maximum atomic E-state index is 13.0. The number of carbonyl (C=O) groups excluding carboxylic acids is 1. The van der Waals surface area contributed by atoms with Crippen LogP contribution in [0.3, 0.4) is 0 Å². The maximum absolute atomic E-state index is 13.0. The lowest BCUT2D eigenvalue weighted by Crippen LogP contribution is -2.28. The first-order chi connectivity index (χ1) is 18.7. The van der Waals surface area contributed by atoms with Crippen molar-refractivity contribution < 1.29 is 17.9 Å². The number of anilines is 1. The van der Waals surface area contributed by atoms with Crippen molar-refractivity contribution in [1.29, 1.82) is 0 Å². The van der Waals surface area contributed by atoms with E-state index in [0.717, 1.165) is 0 Å². The van der Waals surface area contributed by atoms with E-state index in [-0.39, 0.29) is 41.1 Å². The Kier molecular flexibility index (Phi) is 6.83.